The number of nitrogens with zero attached hydrogens (tertiary/aromatic N) is 1. The lowest BCUT2D eigenvalue weighted by atomic mass is 10.0. The van der Waals surface area contributed by atoms with E-state index < -0.39 is 53.8 Å². The lowest BCUT2D eigenvalue weighted by Crippen LogP contribution is -2.57. The molecule has 228 valence electrons. The minimum absolute atomic E-state index is 0.0491. The Labute approximate surface area is 239 Å². The third kappa shape index (κ3) is 14.6. The van der Waals surface area contributed by atoms with Crippen LogP contribution in [0.3, 0.4) is 0 Å². The highest BCUT2D eigenvalue weighted by molar-refractivity contribution is 5.94. The van der Waals surface area contributed by atoms with E-state index in [0.717, 1.165) is 5.56 Å². The molecule has 15 nitrogen and oxygen atoms in total. The van der Waals surface area contributed by atoms with E-state index in [4.69, 9.17) is 28.7 Å². The monoisotopic (exact) mass is 577 g/mol. The molecule has 1 aromatic rings. The number of carboxylic acids is 1. The number of unbranched alkanes of at least 4 members (excludes halogenated alkanes) is 1. The van der Waals surface area contributed by atoms with Gasteiger partial charge in [-0.1, -0.05) is 30.3 Å². The van der Waals surface area contributed by atoms with Gasteiger partial charge in [-0.2, -0.15) is 0 Å². The summed E-state index contributed by atoms with van der Waals surface area (Å²) in [7, 11) is 0. The number of carbonyl (C=O) groups excluding carboxylic acids is 4. The van der Waals surface area contributed by atoms with Gasteiger partial charge in [0.2, 0.25) is 23.6 Å². The van der Waals surface area contributed by atoms with Gasteiger partial charge in [0.15, 0.2) is 5.96 Å². The predicted octanol–water partition coefficient (Wildman–Crippen LogP) is -2.46. The summed E-state index contributed by atoms with van der Waals surface area (Å²) in [5, 5.41) is 17.1. The number of amides is 4. The normalized spacial score (nSPS) is 13.6. The number of hydrogen-bond donors (Lipinski definition) is 9. The van der Waals surface area contributed by atoms with Crippen molar-refractivity contribution in [3.8, 4) is 0 Å². The first-order valence-electron chi connectivity index (χ1n) is 13.4. The highest BCUT2D eigenvalue weighted by Gasteiger charge is 2.30. The van der Waals surface area contributed by atoms with Crippen LogP contribution in [0.4, 0.5) is 0 Å². The van der Waals surface area contributed by atoms with Gasteiger partial charge in [-0.25, -0.2) is 4.79 Å². The van der Waals surface area contributed by atoms with Crippen molar-refractivity contribution in [2.24, 2.45) is 33.7 Å². The average molecular weight is 578 g/mol. The predicted molar refractivity (Wildman–Crippen MR) is 153 cm³/mol. The summed E-state index contributed by atoms with van der Waals surface area (Å²) in [6, 6.07) is 4.39. The summed E-state index contributed by atoms with van der Waals surface area (Å²) in [6.07, 6.45) is 1.33. The Morgan fingerprint density at radius 2 is 1.34 bits per heavy atom. The van der Waals surface area contributed by atoms with Crippen LogP contribution in [-0.4, -0.2) is 77.9 Å². The van der Waals surface area contributed by atoms with Gasteiger partial charge in [-0.15, -0.1) is 0 Å². The Bertz CT molecular complexity index is 1030. The van der Waals surface area contributed by atoms with Gasteiger partial charge in [0.05, 0.1) is 6.04 Å². The second-order valence-electron chi connectivity index (χ2n) is 9.56. The maximum atomic E-state index is 13.3. The Kier molecular flexibility index (Phi) is 16.1. The molecule has 0 aliphatic carbocycles. The molecule has 0 heterocycles. The highest BCUT2D eigenvalue weighted by atomic mass is 16.4. The van der Waals surface area contributed by atoms with Crippen LogP contribution in [0.25, 0.3) is 0 Å². The molecule has 0 saturated heterocycles. The molecule has 1 rings (SSSR count). The minimum Gasteiger partial charge on any atom is -0.480 e. The molecule has 4 atom stereocenters. The summed E-state index contributed by atoms with van der Waals surface area (Å²) >= 11 is 0. The molecule has 4 amide bonds. The van der Waals surface area contributed by atoms with E-state index in [2.05, 4.69) is 20.9 Å². The van der Waals surface area contributed by atoms with E-state index in [-0.39, 0.29) is 51.0 Å². The first-order valence-corrected chi connectivity index (χ1v) is 13.4. The van der Waals surface area contributed by atoms with Crippen LogP contribution >= 0.6 is 0 Å². The fourth-order valence-electron chi connectivity index (χ4n) is 3.86. The van der Waals surface area contributed by atoms with E-state index in [1.54, 1.807) is 24.3 Å². The van der Waals surface area contributed by atoms with Crippen LogP contribution in [0.2, 0.25) is 0 Å². The number of carbonyl (C=O) groups is 5. The van der Waals surface area contributed by atoms with Crippen molar-refractivity contribution in [2.75, 3.05) is 13.1 Å². The van der Waals surface area contributed by atoms with Crippen molar-refractivity contribution in [1.29, 1.82) is 0 Å². The molecule has 0 bridgehead atoms. The molecule has 41 heavy (non-hydrogen) atoms. The number of nitrogens with one attached hydrogen (secondary N) is 3. The first kappa shape index (κ1) is 34.8. The van der Waals surface area contributed by atoms with Crippen LogP contribution in [0.5, 0.6) is 0 Å². The number of carboxylic acid groups (broad SMARTS) is 1. The first-order chi connectivity index (χ1) is 19.4. The van der Waals surface area contributed by atoms with E-state index >= 15 is 0 Å². The number of hydrogen-bond acceptors (Lipinski definition) is 8. The fourth-order valence-corrected chi connectivity index (χ4v) is 3.86. The van der Waals surface area contributed by atoms with Crippen LogP contribution in [0, 0.1) is 0 Å². The lowest BCUT2D eigenvalue weighted by molar-refractivity contribution is -0.142. The molecular weight excluding hydrogens is 534 g/mol. The number of aliphatic imine (C=N–C) groups is 1. The van der Waals surface area contributed by atoms with E-state index in [0.29, 0.717) is 19.4 Å². The third-order valence-corrected chi connectivity index (χ3v) is 6.09. The van der Waals surface area contributed by atoms with Crippen LogP contribution in [-0.2, 0) is 30.4 Å². The molecule has 15 heteroatoms. The highest BCUT2D eigenvalue weighted by Crippen LogP contribution is 2.07. The quantitative estimate of drug-likeness (QED) is 0.0447. The molecule has 0 spiro atoms. The number of nitrogens with two attached hydrogens (primary N) is 5. The molecule has 0 fully saturated rings. The Balaban J connectivity index is 3.04. The number of rotatable bonds is 20. The second kappa shape index (κ2) is 18.9. The Hall–Kier alpha value is -4.24. The second-order valence-corrected chi connectivity index (χ2v) is 9.56. The number of aliphatic carboxylic acids is 1. The minimum atomic E-state index is -1.25. The van der Waals surface area contributed by atoms with E-state index in [1.807, 2.05) is 6.07 Å². The van der Waals surface area contributed by atoms with Gasteiger partial charge < -0.3 is 49.7 Å². The fraction of sp³-hybridized carbons (Fsp3) is 0.538. The molecule has 1 aromatic carbocycles. The number of guanidine groups is 1. The molecule has 0 aliphatic heterocycles. The van der Waals surface area contributed by atoms with E-state index in [9.17, 15) is 29.1 Å². The third-order valence-electron chi connectivity index (χ3n) is 6.09. The van der Waals surface area contributed by atoms with Crippen molar-refractivity contribution in [2.45, 2.75) is 75.5 Å². The van der Waals surface area contributed by atoms with Crippen molar-refractivity contribution in [3.63, 3.8) is 0 Å². The van der Waals surface area contributed by atoms with Crippen LogP contribution < -0.4 is 44.6 Å². The summed E-state index contributed by atoms with van der Waals surface area (Å²) in [6.45, 7) is 0.522. The summed E-state index contributed by atoms with van der Waals surface area (Å²) in [4.78, 5) is 66.2. The summed E-state index contributed by atoms with van der Waals surface area (Å²) in [5.41, 5.74) is 28.3. The molecule has 0 aromatic heterocycles. The smallest absolute Gasteiger partial charge is 0.326 e. The molecular formula is C26H43N9O6. The van der Waals surface area contributed by atoms with E-state index in [1.165, 1.54) is 0 Å². The lowest BCUT2D eigenvalue weighted by Gasteiger charge is -2.25. The average Bonchev–Trinajstić information content (AvgIpc) is 2.91. The van der Waals surface area contributed by atoms with Gasteiger partial charge in [0, 0.05) is 13.0 Å². The van der Waals surface area contributed by atoms with Gasteiger partial charge in [0.25, 0.3) is 0 Å². The van der Waals surface area contributed by atoms with Crippen molar-refractivity contribution < 1.29 is 29.1 Å². The zero-order valence-corrected chi connectivity index (χ0v) is 23.1. The van der Waals surface area contributed by atoms with Crippen molar-refractivity contribution in [1.82, 2.24) is 16.0 Å². The van der Waals surface area contributed by atoms with Crippen molar-refractivity contribution in [3.05, 3.63) is 35.9 Å². The van der Waals surface area contributed by atoms with Gasteiger partial charge in [0.1, 0.15) is 18.1 Å². The van der Waals surface area contributed by atoms with Gasteiger partial charge in [-0.3, -0.25) is 24.2 Å². The SMILES string of the molecule is NCCCCC(NC(=O)C(CCCN=C(N)N)NC(=O)C(CCC(N)=O)NC(=O)C(N)Cc1ccccc1)C(=O)O. The number of primary amides is 1. The molecule has 0 aliphatic rings. The maximum absolute atomic E-state index is 13.3. The molecule has 4 unspecified atom stereocenters. The summed E-state index contributed by atoms with van der Waals surface area (Å²) in [5.74, 6) is -4.24. The zero-order chi connectivity index (χ0) is 30.8. The molecule has 14 N–H and O–H groups in total. The zero-order valence-electron chi connectivity index (χ0n) is 23.1. The maximum Gasteiger partial charge on any atom is 0.326 e. The Morgan fingerprint density at radius 3 is 1.90 bits per heavy atom. The van der Waals surface area contributed by atoms with Gasteiger partial charge >= 0.3 is 5.97 Å². The number of benzene rings is 1. The van der Waals surface area contributed by atoms with Gasteiger partial charge in [-0.05, 0) is 57.1 Å². The standard InChI is InChI=1S/C26H43N9O6/c27-13-5-4-9-20(25(40)41)35-23(38)18(10-6-14-32-26(30)31)34-24(39)19(11-12-21(29)36)33-22(37)17(28)15-16-7-2-1-3-8-16/h1-3,7-8,17-20H,4-6,9-15,27-28H2,(H2,29,36)(H,33,37)(H,34,39)(H,35,38)(H,40,41)(H4,30,31,32). The summed E-state index contributed by atoms with van der Waals surface area (Å²) < 4.78 is 0. The Morgan fingerprint density at radius 1 is 0.780 bits per heavy atom. The molecule has 0 radical (unpaired) electrons. The van der Waals surface area contributed by atoms with Crippen LogP contribution in [0.1, 0.15) is 50.5 Å². The topological polar surface area (TPSA) is 284 Å². The van der Waals surface area contributed by atoms with Crippen molar-refractivity contribution >= 4 is 35.6 Å². The molecule has 0 saturated carbocycles. The van der Waals surface area contributed by atoms with Crippen LogP contribution in [0.15, 0.2) is 35.3 Å². The largest absolute Gasteiger partial charge is 0.480 e.